The molecule has 3 aromatic rings. The molecular formula is C22H22N4O2. The zero-order chi connectivity index (χ0) is 19.7. The lowest BCUT2D eigenvalue weighted by Crippen LogP contribution is -2.28. The molecule has 1 N–H and O–H groups in total. The van der Waals surface area contributed by atoms with Gasteiger partial charge in [-0.15, -0.1) is 0 Å². The van der Waals surface area contributed by atoms with Crippen LogP contribution in [0.15, 0.2) is 48.8 Å². The molecular weight excluding hydrogens is 352 g/mol. The van der Waals surface area contributed by atoms with E-state index >= 15 is 0 Å². The van der Waals surface area contributed by atoms with Gasteiger partial charge in [-0.3, -0.25) is 14.5 Å². The topological polar surface area (TPSA) is 75.2 Å². The molecule has 1 aliphatic heterocycles. The number of fused-ring (bicyclic) bond motifs is 1. The minimum atomic E-state index is -0.0948. The maximum Gasteiger partial charge on any atom is 0.229 e. The molecule has 0 bridgehead atoms. The molecule has 4 rings (SSSR count). The Kier molecular flexibility index (Phi) is 4.77. The van der Waals surface area contributed by atoms with Gasteiger partial charge in [0.25, 0.3) is 0 Å². The number of hydrogen-bond acceptors (Lipinski definition) is 5. The van der Waals surface area contributed by atoms with Crippen LogP contribution in [0.25, 0.3) is 22.0 Å². The average molecular weight is 374 g/mol. The molecule has 2 heterocycles. The number of carbonyl (C=O) groups excluding carboxylic acids is 2. The van der Waals surface area contributed by atoms with E-state index in [0.717, 1.165) is 33.4 Å². The fourth-order valence-corrected chi connectivity index (χ4v) is 3.46. The molecule has 1 fully saturated rings. The van der Waals surface area contributed by atoms with Crippen LogP contribution in [-0.2, 0) is 16.1 Å². The van der Waals surface area contributed by atoms with Gasteiger partial charge in [0.1, 0.15) is 12.1 Å². The molecule has 0 radical (unpaired) electrons. The second kappa shape index (κ2) is 7.38. The summed E-state index contributed by atoms with van der Waals surface area (Å²) in [4.78, 5) is 33.9. The predicted molar refractivity (Wildman–Crippen MR) is 109 cm³/mol. The summed E-state index contributed by atoms with van der Waals surface area (Å²) in [6.07, 6.45) is 2.20. The minimum absolute atomic E-state index is 0.0948. The number of amides is 2. The summed E-state index contributed by atoms with van der Waals surface area (Å²) in [6.45, 7) is 4.47. The highest BCUT2D eigenvalue weighted by Crippen LogP contribution is 2.28. The molecule has 2 amide bonds. The van der Waals surface area contributed by atoms with E-state index < -0.39 is 0 Å². The number of nitrogens with zero attached hydrogens (tertiary/aromatic N) is 3. The van der Waals surface area contributed by atoms with E-state index in [4.69, 9.17) is 0 Å². The van der Waals surface area contributed by atoms with Crippen LogP contribution in [0.4, 0.5) is 5.82 Å². The Morgan fingerprint density at radius 1 is 1.00 bits per heavy atom. The van der Waals surface area contributed by atoms with Crippen molar-refractivity contribution in [3.05, 3.63) is 54.4 Å². The van der Waals surface area contributed by atoms with Crippen LogP contribution in [0.2, 0.25) is 0 Å². The smallest absolute Gasteiger partial charge is 0.229 e. The lowest BCUT2D eigenvalue weighted by Gasteiger charge is -2.15. The van der Waals surface area contributed by atoms with Crippen molar-refractivity contribution in [3.63, 3.8) is 0 Å². The third-order valence-corrected chi connectivity index (χ3v) is 4.82. The summed E-state index contributed by atoms with van der Waals surface area (Å²) in [5.41, 5.74) is 3.88. The van der Waals surface area contributed by atoms with E-state index in [1.165, 1.54) is 4.90 Å². The van der Waals surface area contributed by atoms with Crippen LogP contribution in [0.1, 0.15) is 32.3 Å². The van der Waals surface area contributed by atoms with Crippen molar-refractivity contribution < 1.29 is 9.59 Å². The lowest BCUT2D eigenvalue weighted by atomic mass is 10.0. The van der Waals surface area contributed by atoms with Crippen LogP contribution >= 0.6 is 0 Å². The number of nitrogens with one attached hydrogen (secondary N) is 1. The van der Waals surface area contributed by atoms with Crippen LogP contribution in [0, 0.1) is 0 Å². The van der Waals surface area contributed by atoms with Gasteiger partial charge in [0.2, 0.25) is 11.8 Å². The Bertz CT molecular complexity index is 1050. The predicted octanol–water partition coefficient (Wildman–Crippen LogP) is 3.77. The summed E-state index contributed by atoms with van der Waals surface area (Å²) in [7, 11) is 0. The molecule has 0 spiro atoms. The largest absolute Gasteiger partial charge is 0.367 e. The van der Waals surface area contributed by atoms with Crippen LogP contribution in [-0.4, -0.2) is 32.7 Å². The van der Waals surface area contributed by atoms with Gasteiger partial charge in [0, 0.05) is 24.3 Å². The van der Waals surface area contributed by atoms with E-state index in [2.05, 4.69) is 35.2 Å². The van der Waals surface area contributed by atoms with Crippen LogP contribution < -0.4 is 5.32 Å². The SMILES string of the molecule is CC(C)Nc1ncnc2ccc(-c3cccc(CN4C(=O)CCC4=O)c3)cc12. The maximum atomic E-state index is 11.9. The third kappa shape index (κ3) is 3.58. The zero-order valence-corrected chi connectivity index (χ0v) is 16.0. The van der Waals surface area contributed by atoms with Crippen LogP contribution in [0.5, 0.6) is 0 Å². The maximum absolute atomic E-state index is 11.9. The number of anilines is 1. The fraction of sp³-hybridized carbons (Fsp3) is 0.273. The van der Waals surface area contributed by atoms with Crippen molar-refractivity contribution in [2.45, 2.75) is 39.3 Å². The first-order valence-corrected chi connectivity index (χ1v) is 9.45. The van der Waals surface area contributed by atoms with Gasteiger partial charge in [0.15, 0.2) is 0 Å². The summed E-state index contributed by atoms with van der Waals surface area (Å²) in [6, 6.07) is 14.3. The Morgan fingerprint density at radius 3 is 2.50 bits per heavy atom. The zero-order valence-electron chi connectivity index (χ0n) is 16.0. The number of carbonyl (C=O) groups is 2. The molecule has 28 heavy (non-hydrogen) atoms. The van der Waals surface area contributed by atoms with Crippen molar-refractivity contribution in [2.24, 2.45) is 0 Å². The average Bonchev–Trinajstić information content (AvgIpc) is 3.00. The molecule has 0 unspecified atom stereocenters. The molecule has 0 saturated carbocycles. The van der Waals surface area contributed by atoms with E-state index in [1.807, 2.05) is 36.4 Å². The molecule has 1 aliphatic rings. The van der Waals surface area contributed by atoms with Crippen molar-refractivity contribution in [1.29, 1.82) is 0 Å². The highest BCUT2D eigenvalue weighted by Gasteiger charge is 2.28. The Hall–Kier alpha value is -3.28. The fourth-order valence-electron chi connectivity index (χ4n) is 3.46. The number of hydrogen-bond donors (Lipinski definition) is 1. The molecule has 0 aliphatic carbocycles. The molecule has 1 aromatic heterocycles. The van der Waals surface area contributed by atoms with Gasteiger partial charge in [-0.25, -0.2) is 9.97 Å². The van der Waals surface area contributed by atoms with Crippen molar-refractivity contribution in [1.82, 2.24) is 14.9 Å². The van der Waals surface area contributed by atoms with Gasteiger partial charge in [-0.1, -0.05) is 24.3 Å². The first-order chi connectivity index (χ1) is 13.5. The molecule has 6 heteroatoms. The van der Waals surface area contributed by atoms with E-state index in [9.17, 15) is 9.59 Å². The Balaban J connectivity index is 1.68. The van der Waals surface area contributed by atoms with Crippen molar-refractivity contribution >= 4 is 28.5 Å². The van der Waals surface area contributed by atoms with Gasteiger partial charge in [-0.2, -0.15) is 0 Å². The van der Waals surface area contributed by atoms with Crippen molar-refractivity contribution in [3.8, 4) is 11.1 Å². The van der Waals surface area contributed by atoms with E-state index in [0.29, 0.717) is 19.4 Å². The minimum Gasteiger partial charge on any atom is -0.367 e. The Labute approximate surface area is 163 Å². The summed E-state index contributed by atoms with van der Waals surface area (Å²) < 4.78 is 0. The third-order valence-electron chi connectivity index (χ3n) is 4.82. The van der Waals surface area contributed by atoms with Crippen molar-refractivity contribution in [2.75, 3.05) is 5.32 Å². The quantitative estimate of drug-likeness (QED) is 0.688. The number of aromatic nitrogens is 2. The highest BCUT2D eigenvalue weighted by atomic mass is 16.2. The monoisotopic (exact) mass is 374 g/mol. The molecule has 0 atom stereocenters. The second-order valence-corrected chi connectivity index (χ2v) is 7.33. The molecule has 1 saturated heterocycles. The first-order valence-electron chi connectivity index (χ1n) is 9.45. The first kappa shape index (κ1) is 18.1. The number of likely N-dealkylation sites (tertiary alicyclic amines) is 1. The normalized spacial score (nSPS) is 14.3. The molecule has 2 aromatic carbocycles. The van der Waals surface area contributed by atoms with E-state index in [-0.39, 0.29) is 17.9 Å². The summed E-state index contributed by atoms with van der Waals surface area (Å²) in [5, 5.41) is 4.33. The lowest BCUT2D eigenvalue weighted by molar-refractivity contribution is -0.139. The van der Waals surface area contributed by atoms with Crippen LogP contribution in [0.3, 0.4) is 0 Å². The second-order valence-electron chi connectivity index (χ2n) is 7.33. The number of benzene rings is 2. The summed E-state index contributed by atoms with van der Waals surface area (Å²) in [5.74, 6) is 0.622. The van der Waals surface area contributed by atoms with Gasteiger partial charge in [0.05, 0.1) is 12.1 Å². The van der Waals surface area contributed by atoms with Gasteiger partial charge < -0.3 is 5.32 Å². The van der Waals surface area contributed by atoms with Gasteiger partial charge in [-0.05, 0) is 48.7 Å². The number of imide groups is 1. The number of rotatable bonds is 5. The molecule has 6 nitrogen and oxygen atoms in total. The van der Waals surface area contributed by atoms with Gasteiger partial charge >= 0.3 is 0 Å². The Morgan fingerprint density at radius 2 is 1.75 bits per heavy atom. The highest BCUT2D eigenvalue weighted by molar-refractivity contribution is 6.01. The summed E-state index contributed by atoms with van der Waals surface area (Å²) >= 11 is 0. The standard InChI is InChI=1S/C22H22N4O2/c1-14(2)25-22-18-11-17(6-7-19(18)23-13-24-22)16-5-3-4-15(10-16)12-26-20(27)8-9-21(26)28/h3-7,10-11,13-14H,8-9,12H2,1-2H3,(H,23,24,25). The molecule has 142 valence electrons. The van der Waals surface area contributed by atoms with E-state index in [1.54, 1.807) is 6.33 Å².